The first-order chi connectivity index (χ1) is 16.9. The predicted molar refractivity (Wildman–Crippen MR) is 136 cm³/mol. The van der Waals surface area contributed by atoms with Crippen molar-refractivity contribution in [2.45, 2.75) is 56.8 Å². The molecule has 0 saturated carbocycles. The lowest BCUT2D eigenvalue weighted by atomic mass is 9.90. The Morgan fingerprint density at radius 1 is 1.00 bits per heavy atom. The van der Waals surface area contributed by atoms with Gasteiger partial charge in [0.05, 0.1) is 22.2 Å². The third kappa shape index (κ3) is 4.74. The monoisotopic (exact) mass is 494 g/mol. The number of hydrogen-bond acceptors (Lipinski definition) is 4. The number of aromatic nitrogens is 2. The van der Waals surface area contributed by atoms with Crippen molar-refractivity contribution in [3.8, 4) is 0 Å². The lowest BCUT2D eigenvalue weighted by molar-refractivity contribution is 0.0699. The summed E-state index contributed by atoms with van der Waals surface area (Å²) in [6.07, 6.45) is 8.07. The third-order valence-electron chi connectivity index (χ3n) is 7.74. The Bertz CT molecular complexity index is 1300. The molecule has 0 spiro atoms. The molecule has 7 nitrogen and oxygen atoms in total. The number of amides is 1. The molecule has 2 aromatic heterocycles. The van der Waals surface area contributed by atoms with E-state index >= 15 is 0 Å². The highest BCUT2D eigenvalue weighted by molar-refractivity contribution is 7.89. The minimum atomic E-state index is -3.48. The quantitative estimate of drug-likeness (QED) is 0.529. The number of sulfonamides is 1. The number of rotatable bonds is 5. The van der Waals surface area contributed by atoms with Crippen LogP contribution in [0.1, 0.15) is 66.9 Å². The summed E-state index contributed by atoms with van der Waals surface area (Å²) in [6.45, 7) is 6.87. The molecule has 2 aliphatic heterocycles. The maximum atomic E-state index is 13.2. The van der Waals surface area contributed by atoms with Gasteiger partial charge in [-0.25, -0.2) is 12.9 Å². The van der Waals surface area contributed by atoms with Crippen LogP contribution in [0.3, 0.4) is 0 Å². The van der Waals surface area contributed by atoms with Crippen molar-refractivity contribution in [3.63, 3.8) is 0 Å². The van der Waals surface area contributed by atoms with Crippen LogP contribution in [0, 0.1) is 5.92 Å². The highest BCUT2D eigenvalue weighted by Crippen LogP contribution is 2.32. The van der Waals surface area contributed by atoms with Gasteiger partial charge >= 0.3 is 0 Å². The molecule has 4 heterocycles. The average Bonchev–Trinajstić information content (AvgIpc) is 3.32. The topological polar surface area (TPSA) is 75.0 Å². The second-order valence-corrected chi connectivity index (χ2v) is 11.9. The highest BCUT2D eigenvalue weighted by Gasteiger charge is 2.30. The first kappa shape index (κ1) is 24.0. The lowest BCUT2D eigenvalue weighted by Gasteiger charge is -2.31. The molecule has 1 aromatic carbocycles. The Morgan fingerprint density at radius 3 is 2.34 bits per heavy atom. The highest BCUT2D eigenvalue weighted by atomic mass is 32.2. The molecular formula is C27H34N4O3S. The van der Waals surface area contributed by atoms with Crippen LogP contribution in [0.25, 0.3) is 5.52 Å². The minimum Gasteiger partial charge on any atom is -0.339 e. The summed E-state index contributed by atoms with van der Waals surface area (Å²) < 4.78 is 29.6. The number of carbonyl (C=O) groups is 1. The number of fused-ring (bicyclic) bond motifs is 1. The zero-order valence-corrected chi connectivity index (χ0v) is 21.4. The van der Waals surface area contributed by atoms with Crippen LogP contribution in [-0.2, 0) is 16.4 Å². The van der Waals surface area contributed by atoms with Crippen LogP contribution >= 0.6 is 0 Å². The van der Waals surface area contributed by atoms with Gasteiger partial charge < -0.3 is 4.90 Å². The van der Waals surface area contributed by atoms with Crippen LogP contribution < -0.4 is 0 Å². The number of aryl methyl sites for hydroxylation is 1. The van der Waals surface area contributed by atoms with Crippen molar-refractivity contribution in [2.24, 2.45) is 5.92 Å². The van der Waals surface area contributed by atoms with E-state index in [9.17, 15) is 13.2 Å². The summed E-state index contributed by atoms with van der Waals surface area (Å²) in [5, 5.41) is 4.41. The van der Waals surface area contributed by atoms with Gasteiger partial charge in [-0.1, -0.05) is 26.0 Å². The molecule has 2 saturated heterocycles. The van der Waals surface area contributed by atoms with E-state index < -0.39 is 10.0 Å². The molecule has 35 heavy (non-hydrogen) atoms. The standard InChI is InChI=1S/C27H34N4O3S/c1-3-21-4-6-24(7-5-21)35(33,34)30-15-10-22(11-16-30)23-12-17-31-26(18-23)25(19-28-31)27(32)29-13-8-20(2)9-14-29/h4-7,12,17-20,22H,3,8-11,13-16H2,1-2H3. The number of benzene rings is 1. The van der Waals surface area contributed by atoms with Gasteiger partial charge in [0.2, 0.25) is 10.0 Å². The summed E-state index contributed by atoms with van der Waals surface area (Å²) in [5.74, 6) is 0.974. The average molecular weight is 495 g/mol. The molecular weight excluding hydrogens is 460 g/mol. The number of pyridine rings is 1. The van der Waals surface area contributed by atoms with E-state index in [-0.39, 0.29) is 11.8 Å². The summed E-state index contributed by atoms with van der Waals surface area (Å²) in [4.78, 5) is 15.5. The van der Waals surface area contributed by atoms with Gasteiger partial charge in [0.25, 0.3) is 5.91 Å². The number of carbonyl (C=O) groups excluding carboxylic acids is 1. The van der Waals surface area contributed by atoms with Crippen molar-refractivity contribution >= 4 is 21.4 Å². The first-order valence-electron chi connectivity index (χ1n) is 12.7. The molecule has 8 heteroatoms. The molecule has 2 fully saturated rings. The second-order valence-electron chi connectivity index (χ2n) is 10.00. The number of likely N-dealkylation sites (tertiary alicyclic amines) is 1. The van der Waals surface area contributed by atoms with Gasteiger partial charge in [0, 0.05) is 32.4 Å². The van der Waals surface area contributed by atoms with Crippen molar-refractivity contribution < 1.29 is 13.2 Å². The van der Waals surface area contributed by atoms with Crippen molar-refractivity contribution in [1.82, 2.24) is 18.8 Å². The van der Waals surface area contributed by atoms with Gasteiger partial charge in [0.15, 0.2) is 0 Å². The molecule has 5 rings (SSSR count). The van der Waals surface area contributed by atoms with Crippen molar-refractivity contribution in [3.05, 3.63) is 65.5 Å². The van der Waals surface area contributed by atoms with Gasteiger partial charge in [-0.3, -0.25) is 4.79 Å². The first-order valence-corrected chi connectivity index (χ1v) is 14.2. The smallest absolute Gasteiger partial charge is 0.257 e. The van der Waals surface area contributed by atoms with Gasteiger partial charge in [0.1, 0.15) is 0 Å². The third-order valence-corrected chi connectivity index (χ3v) is 9.65. The largest absolute Gasteiger partial charge is 0.339 e. The van der Waals surface area contributed by atoms with E-state index in [2.05, 4.69) is 31.1 Å². The molecule has 0 radical (unpaired) electrons. The SMILES string of the molecule is CCc1ccc(S(=O)(=O)N2CCC(c3ccn4ncc(C(=O)N5CCC(C)CC5)c4c3)CC2)cc1. The van der Waals surface area contributed by atoms with E-state index in [1.54, 1.807) is 27.2 Å². The summed E-state index contributed by atoms with van der Waals surface area (Å²) in [5.41, 5.74) is 3.75. The van der Waals surface area contributed by atoms with E-state index in [4.69, 9.17) is 0 Å². The molecule has 0 bridgehead atoms. The Morgan fingerprint density at radius 2 is 1.69 bits per heavy atom. The molecule has 2 aliphatic rings. The molecule has 0 aliphatic carbocycles. The van der Waals surface area contributed by atoms with Crippen LogP contribution in [0.15, 0.2) is 53.7 Å². The fraction of sp³-hybridized carbons (Fsp3) is 0.481. The minimum absolute atomic E-state index is 0.0547. The molecule has 186 valence electrons. The fourth-order valence-corrected chi connectivity index (χ4v) is 6.74. The molecule has 0 unspecified atom stereocenters. The maximum Gasteiger partial charge on any atom is 0.257 e. The molecule has 1 amide bonds. The van der Waals surface area contributed by atoms with Gasteiger partial charge in [-0.05, 0) is 79.3 Å². The summed E-state index contributed by atoms with van der Waals surface area (Å²) >= 11 is 0. The second kappa shape index (κ2) is 9.74. The Hall–Kier alpha value is -2.71. The summed E-state index contributed by atoms with van der Waals surface area (Å²) in [6, 6.07) is 11.3. The molecule has 0 N–H and O–H groups in total. The normalized spacial score (nSPS) is 18.9. The molecule has 3 aromatic rings. The van der Waals surface area contributed by atoms with Crippen LogP contribution in [0.4, 0.5) is 0 Å². The Balaban J connectivity index is 1.30. The van der Waals surface area contributed by atoms with Crippen molar-refractivity contribution in [2.75, 3.05) is 26.2 Å². The van der Waals surface area contributed by atoms with Crippen molar-refractivity contribution in [1.29, 1.82) is 0 Å². The van der Waals surface area contributed by atoms with E-state index in [0.29, 0.717) is 29.5 Å². The number of piperidine rings is 2. The Labute approximate surface area is 207 Å². The number of nitrogens with zero attached hydrogens (tertiary/aromatic N) is 4. The van der Waals surface area contributed by atoms with Crippen LogP contribution in [0.5, 0.6) is 0 Å². The van der Waals surface area contributed by atoms with Gasteiger partial charge in [-0.2, -0.15) is 9.40 Å². The van der Waals surface area contributed by atoms with Gasteiger partial charge in [-0.15, -0.1) is 0 Å². The zero-order valence-electron chi connectivity index (χ0n) is 20.6. The Kier molecular flexibility index (Phi) is 6.68. The maximum absolute atomic E-state index is 13.2. The zero-order chi connectivity index (χ0) is 24.6. The predicted octanol–water partition coefficient (Wildman–Crippen LogP) is 4.34. The lowest BCUT2D eigenvalue weighted by Crippen LogP contribution is -2.38. The van der Waals surface area contributed by atoms with Crippen LogP contribution in [-0.4, -0.2) is 59.3 Å². The molecule has 0 atom stereocenters. The number of hydrogen-bond donors (Lipinski definition) is 0. The fourth-order valence-electron chi connectivity index (χ4n) is 5.27. The summed E-state index contributed by atoms with van der Waals surface area (Å²) in [7, 11) is -3.48. The van der Waals surface area contributed by atoms with E-state index in [1.807, 2.05) is 23.2 Å². The van der Waals surface area contributed by atoms with E-state index in [1.165, 1.54) is 0 Å². The van der Waals surface area contributed by atoms with E-state index in [0.717, 1.165) is 61.8 Å². The van der Waals surface area contributed by atoms with Crippen LogP contribution in [0.2, 0.25) is 0 Å².